The molecule has 0 radical (unpaired) electrons. The van der Waals surface area contributed by atoms with Gasteiger partial charge in [-0.25, -0.2) is 0 Å². The third-order valence-electron chi connectivity index (χ3n) is 1.86. The Morgan fingerprint density at radius 3 is 2.43 bits per heavy atom. The van der Waals surface area contributed by atoms with E-state index in [1.54, 1.807) is 12.3 Å². The number of aromatic nitrogens is 1. The van der Waals surface area contributed by atoms with Crippen LogP contribution in [0.2, 0.25) is 5.02 Å². The third-order valence-corrected chi connectivity index (χ3v) is 2.63. The molecular weight excluding hydrogens is 261 g/mol. The summed E-state index contributed by atoms with van der Waals surface area (Å²) in [6.07, 6.45) is 1.71. The molecule has 0 unspecified atom stereocenters. The Hall–Kier alpha value is -0.860. The Kier molecular flexibility index (Phi) is 2.85. The summed E-state index contributed by atoms with van der Waals surface area (Å²) in [4.78, 5) is 4.24. The highest BCUT2D eigenvalue weighted by atomic mass is 79.9. The molecule has 70 valence electrons. The quantitative estimate of drug-likeness (QED) is 0.756. The van der Waals surface area contributed by atoms with Gasteiger partial charge in [-0.1, -0.05) is 39.7 Å². The van der Waals surface area contributed by atoms with Gasteiger partial charge in [0.15, 0.2) is 0 Å². The minimum Gasteiger partial charge on any atom is -0.256 e. The second-order valence-electron chi connectivity index (χ2n) is 2.87. The lowest BCUT2D eigenvalue weighted by Crippen LogP contribution is -1.81. The van der Waals surface area contributed by atoms with Gasteiger partial charge in [0.1, 0.15) is 0 Å². The SMILES string of the molecule is Clc1ccnc(-c2ccc(Br)cc2)c1. The first-order valence-electron chi connectivity index (χ1n) is 4.13. The number of benzene rings is 1. The molecule has 2 aromatic rings. The van der Waals surface area contributed by atoms with E-state index in [4.69, 9.17) is 11.6 Å². The van der Waals surface area contributed by atoms with Crippen molar-refractivity contribution in [1.29, 1.82) is 0 Å². The smallest absolute Gasteiger partial charge is 0.0716 e. The van der Waals surface area contributed by atoms with E-state index in [0.29, 0.717) is 5.02 Å². The Labute approximate surface area is 95.9 Å². The molecule has 0 aliphatic carbocycles. The molecule has 1 aromatic carbocycles. The van der Waals surface area contributed by atoms with E-state index >= 15 is 0 Å². The highest BCUT2D eigenvalue weighted by molar-refractivity contribution is 9.10. The van der Waals surface area contributed by atoms with Crippen LogP contribution in [0.15, 0.2) is 47.1 Å². The number of hydrogen-bond acceptors (Lipinski definition) is 1. The van der Waals surface area contributed by atoms with Gasteiger partial charge in [-0.15, -0.1) is 0 Å². The Morgan fingerprint density at radius 1 is 1.07 bits per heavy atom. The number of nitrogens with zero attached hydrogens (tertiary/aromatic N) is 1. The Bertz CT molecular complexity index is 439. The molecule has 1 nitrogen and oxygen atoms in total. The number of pyridine rings is 1. The maximum Gasteiger partial charge on any atom is 0.0716 e. The molecule has 0 fully saturated rings. The van der Waals surface area contributed by atoms with Gasteiger partial charge < -0.3 is 0 Å². The van der Waals surface area contributed by atoms with E-state index < -0.39 is 0 Å². The molecule has 0 bridgehead atoms. The molecule has 0 aliphatic rings. The molecule has 2 rings (SSSR count). The van der Waals surface area contributed by atoms with Crippen LogP contribution in [0.5, 0.6) is 0 Å². The van der Waals surface area contributed by atoms with Crippen LogP contribution in [0.4, 0.5) is 0 Å². The molecular formula is C11H7BrClN. The van der Waals surface area contributed by atoms with Crippen LogP contribution in [-0.2, 0) is 0 Å². The van der Waals surface area contributed by atoms with Crippen molar-refractivity contribution >= 4 is 27.5 Å². The van der Waals surface area contributed by atoms with Crippen LogP contribution >= 0.6 is 27.5 Å². The summed E-state index contributed by atoms with van der Waals surface area (Å²) in [6, 6.07) is 11.6. The fourth-order valence-electron chi connectivity index (χ4n) is 1.18. The molecule has 0 saturated carbocycles. The highest BCUT2D eigenvalue weighted by Gasteiger charge is 1.98. The molecule has 0 N–H and O–H groups in total. The van der Waals surface area contributed by atoms with Crippen molar-refractivity contribution < 1.29 is 0 Å². The van der Waals surface area contributed by atoms with Crippen LogP contribution in [0.3, 0.4) is 0 Å². The first-order chi connectivity index (χ1) is 6.75. The topological polar surface area (TPSA) is 12.9 Å². The van der Waals surface area contributed by atoms with E-state index in [0.717, 1.165) is 15.7 Å². The second kappa shape index (κ2) is 4.11. The van der Waals surface area contributed by atoms with E-state index in [1.165, 1.54) is 0 Å². The number of hydrogen-bond donors (Lipinski definition) is 0. The van der Waals surface area contributed by atoms with Gasteiger partial charge in [-0.05, 0) is 24.3 Å². The number of halogens is 2. The fourth-order valence-corrected chi connectivity index (χ4v) is 1.61. The van der Waals surface area contributed by atoms with Crippen molar-refractivity contribution in [1.82, 2.24) is 4.98 Å². The molecule has 14 heavy (non-hydrogen) atoms. The van der Waals surface area contributed by atoms with E-state index in [2.05, 4.69) is 20.9 Å². The minimum atomic E-state index is 0.706. The van der Waals surface area contributed by atoms with E-state index in [9.17, 15) is 0 Å². The minimum absolute atomic E-state index is 0.706. The summed E-state index contributed by atoms with van der Waals surface area (Å²) in [5.74, 6) is 0. The van der Waals surface area contributed by atoms with Crippen molar-refractivity contribution in [2.24, 2.45) is 0 Å². The molecule has 0 atom stereocenters. The van der Waals surface area contributed by atoms with Crippen LogP contribution in [0.25, 0.3) is 11.3 Å². The lowest BCUT2D eigenvalue weighted by Gasteiger charge is -2.00. The summed E-state index contributed by atoms with van der Waals surface area (Å²) in [6.45, 7) is 0. The number of rotatable bonds is 1. The monoisotopic (exact) mass is 267 g/mol. The molecule has 1 heterocycles. The molecule has 0 amide bonds. The van der Waals surface area contributed by atoms with Crippen molar-refractivity contribution in [2.45, 2.75) is 0 Å². The highest BCUT2D eigenvalue weighted by Crippen LogP contribution is 2.21. The zero-order valence-electron chi connectivity index (χ0n) is 7.24. The van der Waals surface area contributed by atoms with Gasteiger partial charge in [0.05, 0.1) is 5.69 Å². The van der Waals surface area contributed by atoms with Crippen molar-refractivity contribution in [3.63, 3.8) is 0 Å². The molecule has 0 saturated heterocycles. The van der Waals surface area contributed by atoms with E-state index in [1.807, 2.05) is 30.3 Å². The first kappa shape index (κ1) is 9.69. The lowest BCUT2D eigenvalue weighted by molar-refractivity contribution is 1.32. The summed E-state index contributed by atoms with van der Waals surface area (Å²) < 4.78 is 1.06. The van der Waals surface area contributed by atoms with Crippen LogP contribution in [0, 0.1) is 0 Å². The molecule has 0 spiro atoms. The zero-order chi connectivity index (χ0) is 9.97. The van der Waals surface area contributed by atoms with Gasteiger partial charge in [0.25, 0.3) is 0 Å². The maximum atomic E-state index is 5.88. The molecule has 1 aromatic heterocycles. The van der Waals surface area contributed by atoms with Crippen LogP contribution in [-0.4, -0.2) is 4.98 Å². The molecule has 0 aliphatic heterocycles. The van der Waals surface area contributed by atoms with Crippen molar-refractivity contribution in [2.75, 3.05) is 0 Å². The molecule has 3 heteroatoms. The normalized spacial score (nSPS) is 10.1. The summed E-state index contributed by atoms with van der Waals surface area (Å²) >= 11 is 9.26. The van der Waals surface area contributed by atoms with Crippen molar-refractivity contribution in [3.05, 3.63) is 52.1 Å². The summed E-state index contributed by atoms with van der Waals surface area (Å²) in [5, 5.41) is 0.706. The standard InChI is InChI=1S/C11H7BrClN/c12-9-3-1-8(2-4-9)11-7-10(13)5-6-14-11/h1-7H. The Morgan fingerprint density at radius 2 is 1.79 bits per heavy atom. The van der Waals surface area contributed by atoms with Crippen molar-refractivity contribution in [3.8, 4) is 11.3 Å². The summed E-state index contributed by atoms with van der Waals surface area (Å²) in [5.41, 5.74) is 1.96. The van der Waals surface area contributed by atoms with E-state index in [-0.39, 0.29) is 0 Å². The Balaban J connectivity index is 2.44. The lowest BCUT2D eigenvalue weighted by atomic mass is 10.1. The predicted molar refractivity (Wildman–Crippen MR) is 62.4 cm³/mol. The zero-order valence-corrected chi connectivity index (χ0v) is 9.59. The maximum absolute atomic E-state index is 5.88. The largest absolute Gasteiger partial charge is 0.256 e. The van der Waals surface area contributed by atoms with Gasteiger partial charge in [-0.2, -0.15) is 0 Å². The van der Waals surface area contributed by atoms with Gasteiger partial charge >= 0.3 is 0 Å². The summed E-state index contributed by atoms with van der Waals surface area (Å²) in [7, 11) is 0. The average Bonchev–Trinajstić information content (AvgIpc) is 2.19. The van der Waals surface area contributed by atoms with Gasteiger partial charge in [0.2, 0.25) is 0 Å². The van der Waals surface area contributed by atoms with Crippen LogP contribution < -0.4 is 0 Å². The fraction of sp³-hybridized carbons (Fsp3) is 0. The van der Waals surface area contributed by atoms with Gasteiger partial charge in [0, 0.05) is 21.3 Å². The second-order valence-corrected chi connectivity index (χ2v) is 4.22. The van der Waals surface area contributed by atoms with Crippen LogP contribution in [0.1, 0.15) is 0 Å². The first-order valence-corrected chi connectivity index (χ1v) is 5.30. The van der Waals surface area contributed by atoms with Gasteiger partial charge in [-0.3, -0.25) is 4.98 Å². The third kappa shape index (κ3) is 2.14. The predicted octanol–water partition coefficient (Wildman–Crippen LogP) is 4.16. The average molecular weight is 269 g/mol.